The van der Waals surface area contributed by atoms with Crippen molar-refractivity contribution in [3.05, 3.63) is 101 Å². The zero-order valence-electron chi connectivity index (χ0n) is 31.4. The summed E-state index contributed by atoms with van der Waals surface area (Å²) in [5, 5.41) is 0. The highest BCUT2D eigenvalue weighted by atomic mass is 14.7. The van der Waals surface area contributed by atoms with Crippen LogP contribution in [0, 0.1) is 36.9 Å². The van der Waals surface area contributed by atoms with E-state index < -0.39 is 19.6 Å². The maximum Gasteiger partial charge on any atom is 0.0708 e. The maximum absolute atomic E-state index is 9.92. The van der Waals surface area contributed by atoms with E-state index in [2.05, 4.69) is 46.5 Å². The van der Waals surface area contributed by atoms with Crippen LogP contribution in [0.3, 0.4) is 0 Å². The summed E-state index contributed by atoms with van der Waals surface area (Å²) in [7, 11) is 0. The number of aryl methyl sites for hydroxylation is 3. The van der Waals surface area contributed by atoms with Gasteiger partial charge in [-0.1, -0.05) is 108 Å². The first kappa shape index (κ1) is 19.8. The van der Waals surface area contributed by atoms with Gasteiger partial charge in [-0.25, -0.2) is 0 Å². The lowest BCUT2D eigenvalue weighted by Gasteiger charge is -2.55. The van der Waals surface area contributed by atoms with Crippen LogP contribution in [0.15, 0.2) is 79.0 Å². The van der Waals surface area contributed by atoms with Crippen molar-refractivity contribution in [3.63, 3.8) is 0 Å². The molecule has 1 saturated carbocycles. The lowest BCUT2D eigenvalue weighted by molar-refractivity contribution is -0.00952. The van der Waals surface area contributed by atoms with Gasteiger partial charge in [-0.05, 0) is 106 Å². The van der Waals surface area contributed by atoms with E-state index in [1.54, 1.807) is 12.1 Å². The minimum absolute atomic E-state index is 0.0134. The SMILES string of the molecule is [2H]C([2H])([2H])c1cnc(-c2ccccc2)cc1-c1c(C)cc(-c2ccc(C3([2H])C(C)(C)CC(C)(C)CC3(C)C)cc2)cc1C([2H])([2H])[2H]. The van der Waals surface area contributed by atoms with Crippen LogP contribution in [0.5, 0.6) is 0 Å². The quantitative estimate of drug-likeness (QED) is 0.260. The molecule has 39 heavy (non-hydrogen) atoms. The number of hydrogen-bond acceptors (Lipinski definition) is 1. The van der Waals surface area contributed by atoms with Crippen LogP contribution in [0.1, 0.15) is 92.1 Å². The molecule has 1 aliphatic carbocycles. The molecule has 1 fully saturated rings. The Morgan fingerprint density at radius 1 is 0.718 bits per heavy atom. The Kier molecular flexibility index (Phi) is 4.96. The zero-order chi connectivity index (χ0) is 34.1. The number of pyridine rings is 1. The minimum atomic E-state index is -2.51. The Balaban J connectivity index is 1.65. The molecule has 0 saturated heterocycles. The summed E-state index contributed by atoms with van der Waals surface area (Å²) in [5.74, 6) is -0.818. The summed E-state index contributed by atoms with van der Waals surface area (Å²) in [5.41, 5.74) is 5.02. The molecule has 0 bridgehead atoms. The van der Waals surface area contributed by atoms with Crippen molar-refractivity contribution >= 4 is 0 Å². The fourth-order valence-corrected chi connectivity index (χ4v) is 7.90. The first-order valence-corrected chi connectivity index (χ1v) is 13.9. The molecule has 0 N–H and O–H groups in total. The van der Waals surface area contributed by atoms with Gasteiger partial charge in [0.1, 0.15) is 0 Å². The highest BCUT2D eigenvalue weighted by Crippen LogP contribution is 2.61. The molecule has 1 nitrogen and oxygen atoms in total. The van der Waals surface area contributed by atoms with Crippen LogP contribution in [0.2, 0.25) is 0 Å². The predicted molar refractivity (Wildman–Crippen MR) is 168 cm³/mol. The third-order valence-electron chi connectivity index (χ3n) is 8.28. The van der Waals surface area contributed by atoms with Gasteiger partial charge in [-0.2, -0.15) is 0 Å². The third kappa shape index (κ3) is 5.33. The molecular formula is C38H45N. The summed E-state index contributed by atoms with van der Waals surface area (Å²) in [6.45, 7) is 10.2. The molecule has 0 aliphatic heterocycles. The van der Waals surface area contributed by atoms with Gasteiger partial charge in [0.25, 0.3) is 0 Å². The van der Waals surface area contributed by atoms with Crippen LogP contribution in [0.4, 0.5) is 0 Å². The topological polar surface area (TPSA) is 12.9 Å². The van der Waals surface area contributed by atoms with Crippen LogP contribution in [-0.4, -0.2) is 4.98 Å². The molecule has 202 valence electrons. The van der Waals surface area contributed by atoms with E-state index in [1.165, 1.54) is 6.20 Å². The van der Waals surface area contributed by atoms with Gasteiger partial charge in [0, 0.05) is 21.4 Å². The molecule has 0 unspecified atom stereocenters. The number of aromatic nitrogens is 1. The molecule has 3 aromatic carbocycles. The second-order valence-corrected chi connectivity index (χ2v) is 13.4. The average molecular weight is 523 g/mol. The summed E-state index contributed by atoms with van der Waals surface area (Å²) < 4.78 is 60.2. The van der Waals surface area contributed by atoms with Crippen molar-refractivity contribution in [2.75, 3.05) is 0 Å². The van der Waals surface area contributed by atoms with Crippen molar-refractivity contribution in [1.82, 2.24) is 4.98 Å². The number of nitrogens with zero attached hydrogens (tertiary/aromatic N) is 1. The number of hydrogen-bond donors (Lipinski definition) is 0. The van der Waals surface area contributed by atoms with E-state index in [0.717, 1.165) is 35.1 Å². The Bertz CT molecular complexity index is 1730. The van der Waals surface area contributed by atoms with Gasteiger partial charge in [-0.15, -0.1) is 0 Å². The van der Waals surface area contributed by atoms with Gasteiger partial charge < -0.3 is 0 Å². The molecule has 0 radical (unpaired) electrons. The van der Waals surface area contributed by atoms with Crippen LogP contribution < -0.4 is 0 Å². The van der Waals surface area contributed by atoms with Crippen molar-refractivity contribution in [1.29, 1.82) is 0 Å². The first-order valence-electron chi connectivity index (χ1n) is 17.4. The van der Waals surface area contributed by atoms with E-state index >= 15 is 0 Å². The molecule has 1 heterocycles. The number of rotatable bonds is 4. The smallest absolute Gasteiger partial charge is 0.0708 e. The monoisotopic (exact) mass is 522 g/mol. The van der Waals surface area contributed by atoms with Gasteiger partial charge >= 0.3 is 0 Å². The molecule has 0 amide bonds. The van der Waals surface area contributed by atoms with Crippen LogP contribution in [-0.2, 0) is 0 Å². The lowest BCUT2D eigenvalue weighted by Crippen LogP contribution is -2.45. The molecule has 1 aromatic heterocycles. The fourth-order valence-electron chi connectivity index (χ4n) is 7.90. The summed E-state index contributed by atoms with van der Waals surface area (Å²) in [4.78, 5) is 4.45. The highest BCUT2D eigenvalue weighted by molar-refractivity contribution is 5.80. The molecule has 0 spiro atoms. The molecule has 4 aromatic rings. The summed E-state index contributed by atoms with van der Waals surface area (Å²) in [6, 6.07) is 22.8. The van der Waals surface area contributed by atoms with E-state index in [0.29, 0.717) is 22.4 Å². The van der Waals surface area contributed by atoms with E-state index in [1.807, 2.05) is 67.6 Å². The normalized spacial score (nSPS) is 22.3. The maximum atomic E-state index is 9.92. The Labute approximate surface area is 246 Å². The standard InChI is InChI=1S/C38H45N/c1-25-19-31(20-26(2)34(25)32-21-33(39-22-27(32)3)29-13-11-10-12-14-29)28-15-17-30(18-16-28)35-37(6,7)23-36(4,5)24-38(35,8)9/h10-22,35H,23-24H2,1-9H3/i1D3,3D3,35D. The van der Waals surface area contributed by atoms with Crippen molar-refractivity contribution in [2.45, 2.75) is 80.9 Å². The minimum Gasteiger partial charge on any atom is -0.256 e. The van der Waals surface area contributed by atoms with E-state index in [-0.39, 0.29) is 27.4 Å². The fraction of sp³-hybridized carbons (Fsp3) is 0.395. The predicted octanol–water partition coefficient (Wildman–Crippen LogP) is 11.0. The summed E-state index contributed by atoms with van der Waals surface area (Å²) in [6.07, 6.45) is 3.24. The molecule has 0 atom stereocenters. The van der Waals surface area contributed by atoms with Crippen LogP contribution in [0.25, 0.3) is 33.5 Å². The second kappa shape index (κ2) is 9.77. The number of benzene rings is 3. The summed E-state index contributed by atoms with van der Waals surface area (Å²) >= 11 is 0. The zero-order valence-corrected chi connectivity index (χ0v) is 24.4. The molecule has 1 heteroatoms. The Morgan fingerprint density at radius 3 is 1.95 bits per heavy atom. The first-order chi connectivity index (χ1) is 21.1. The van der Waals surface area contributed by atoms with Gasteiger partial charge in [0.2, 0.25) is 0 Å². The molecule has 1 aliphatic rings. The molecular weight excluding hydrogens is 470 g/mol. The second-order valence-electron chi connectivity index (χ2n) is 13.4. The van der Waals surface area contributed by atoms with E-state index in [4.69, 9.17) is 8.22 Å². The largest absolute Gasteiger partial charge is 0.256 e. The molecule has 5 rings (SSSR count). The van der Waals surface area contributed by atoms with Gasteiger partial charge in [-0.3, -0.25) is 4.98 Å². The lowest BCUT2D eigenvalue weighted by atomic mass is 9.49. The Hall–Kier alpha value is -3.19. The van der Waals surface area contributed by atoms with Crippen molar-refractivity contribution < 1.29 is 9.60 Å². The van der Waals surface area contributed by atoms with Crippen LogP contribution >= 0.6 is 0 Å². The van der Waals surface area contributed by atoms with E-state index in [9.17, 15) is 1.37 Å². The third-order valence-corrected chi connectivity index (χ3v) is 8.28. The van der Waals surface area contributed by atoms with Crippen molar-refractivity contribution in [2.24, 2.45) is 16.2 Å². The van der Waals surface area contributed by atoms with Crippen molar-refractivity contribution in [3.8, 4) is 33.5 Å². The van der Waals surface area contributed by atoms with Gasteiger partial charge in [0.05, 0.1) is 5.69 Å². The highest BCUT2D eigenvalue weighted by Gasteiger charge is 2.50. The Morgan fingerprint density at radius 2 is 1.33 bits per heavy atom. The average Bonchev–Trinajstić information content (AvgIpc) is 2.93. The van der Waals surface area contributed by atoms with Gasteiger partial charge in [0.15, 0.2) is 0 Å².